The molecule has 1 aromatic carbocycles. The summed E-state index contributed by atoms with van der Waals surface area (Å²) in [7, 11) is 3.17. The molecule has 1 aromatic rings. The molecule has 19 heavy (non-hydrogen) atoms. The van der Waals surface area contributed by atoms with Crippen LogP contribution in [0, 0.1) is 0 Å². The largest absolute Gasteiger partial charge is 0.497 e. The van der Waals surface area contributed by atoms with Gasteiger partial charge < -0.3 is 19.7 Å². The van der Waals surface area contributed by atoms with E-state index in [4.69, 9.17) is 9.47 Å². The van der Waals surface area contributed by atoms with Gasteiger partial charge in [-0.3, -0.25) is 0 Å². The van der Waals surface area contributed by atoms with Gasteiger partial charge in [-0.25, -0.2) is 4.79 Å². The monoisotopic (exact) mass is 282 g/mol. The molecule has 0 unspecified atom stereocenters. The molecule has 6 heteroatoms. The first-order valence-electron chi connectivity index (χ1n) is 6.10. The van der Waals surface area contributed by atoms with E-state index in [1.54, 1.807) is 32.4 Å². The molecule has 1 heterocycles. The summed E-state index contributed by atoms with van der Waals surface area (Å²) in [5.74, 6) is 3.29. The summed E-state index contributed by atoms with van der Waals surface area (Å²) < 4.78 is 10.4. The fourth-order valence-corrected chi connectivity index (χ4v) is 2.78. The van der Waals surface area contributed by atoms with Gasteiger partial charge in [0, 0.05) is 30.7 Å². The first-order valence-corrected chi connectivity index (χ1v) is 7.26. The van der Waals surface area contributed by atoms with E-state index in [2.05, 4.69) is 5.32 Å². The van der Waals surface area contributed by atoms with Crippen molar-refractivity contribution in [2.75, 3.05) is 44.1 Å². The number of anilines is 1. The Morgan fingerprint density at radius 2 is 2.00 bits per heavy atom. The number of rotatable bonds is 3. The Kier molecular flexibility index (Phi) is 4.79. The highest BCUT2D eigenvalue weighted by Gasteiger charge is 2.18. The van der Waals surface area contributed by atoms with E-state index in [9.17, 15) is 4.79 Å². The Morgan fingerprint density at radius 3 is 2.63 bits per heavy atom. The number of amides is 2. The van der Waals surface area contributed by atoms with Crippen molar-refractivity contribution in [2.24, 2.45) is 0 Å². The van der Waals surface area contributed by atoms with Crippen molar-refractivity contribution < 1.29 is 14.3 Å². The summed E-state index contributed by atoms with van der Waals surface area (Å²) in [5, 5.41) is 2.88. The quantitative estimate of drug-likeness (QED) is 0.924. The van der Waals surface area contributed by atoms with E-state index < -0.39 is 0 Å². The second kappa shape index (κ2) is 6.56. The van der Waals surface area contributed by atoms with Gasteiger partial charge in [-0.05, 0) is 12.1 Å². The van der Waals surface area contributed by atoms with E-state index in [1.807, 2.05) is 16.7 Å². The maximum atomic E-state index is 12.1. The van der Waals surface area contributed by atoms with Crippen LogP contribution in [0.4, 0.5) is 10.5 Å². The number of carbonyl (C=O) groups excluding carboxylic acids is 1. The minimum absolute atomic E-state index is 0.0909. The second-order valence-corrected chi connectivity index (χ2v) is 5.32. The third-order valence-electron chi connectivity index (χ3n) is 2.95. The van der Waals surface area contributed by atoms with Crippen LogP contribution in [0.15, 0.2) is 18.2 Å². The van der Waals surface area contributed by atoms with Crippen molar-refractivity contribution in [3.05, 3.63) is 18.2 Å². The van der Waals surface area contributed by atoms with Crippen molar-refractivity contribution in [3.63, 3.8) is 0 Å². The van der Waals surface area contributed by atoms with Gasteiger partial charge in [0.05, 0.1) is 19.9 Å². The molecular formula is C13H18N2O3S. The van der Waals surface area contributed by atoms with Crippen molar-refractivity contribution in [1.29, 1.82) is 0 Å². The smallest absolute Gasteiger partial charge is 0.322 e. The summed E-state index contributed by atoms with van der Waals surface area (Å²) in [4.78, 5) is 14.0. The van der Waals surface area contributed by atoms with E-state index >= 15 is 0 Å². The molecule has 0 spiro atoms. The average Bonchev–Trinajstić information content (AvgIpc) is 2.48. The lowest BCUT2D eigenvalue weighted by Gasteiger charge is -2.26. The summed E-state index contributed by atoms with van der Waals surface area (Å²) in [6.07, 6.45) is 0. The number of benzene rings is 1. The van der Waals surface area contributed by atoms with E-state index in [0.717, 1.165) is 24.6 Å². The zero-order valence-corrected chi connectivity index (χ0v) is 12.0. The van der Waals surface area contributed by atoms with Crippen LogP contribution >= 0.6 is 11.8 Å². The Bertz CT molecular complexity index is 448. The molecule has 5 nitrogen and oxygen atoms in total. The van der Waals surface area contributed by atoms with Gasteiger partial charge >= 0.3 is 6.03 Å². The van der Waals surface area contributed by atoms with Crippen LogP contribution in [0.2, 0.25) is 0 Å². The Hall–Kier alpha value is -1.56. The van der Waals surface area contributed by atoms with Crippen molar-refractivity contribution in [1.82, 2.24) is 4.90 Å². The molecule has 0 aliphatic carbocycles. The number of nitrogens with zero attached hydrogens (tertiary/aromatic N) is 1. The number of carbonyl (C=O) groups is 1. The van der Waals surface area contributed by atoms with E-state index in [1.165, 1.54) is 0 Å². The molecule has 1 aliphatic heterocycles. The van der Waals surface area contributed by atoms with Gasteiger partial charge in [0.1, 0.15) is 11.5 Å². The highest BCUT2D eigenvalue weighted by Crippen LogP contribution is 2.29. The molecule has 0 saturated carbocycles. The summed E-state index contributed by atoms with van der Waals surface area (Å²) >= 11 is 1.87. The fourth-order valence-electron chi connectivity index (χ4n) is 1.87. The van der Waals surface area contributed by atoms with Gasteiger partial charge in [0.25, 0.3) is 0 Å². The molecule has 1 N–H and O–H groups in total. The van der Waals surface area contributed by atoms with E-state index in [-0.39, 0.29) is 6.03 Å². The first-order chi connectivity index (χ1) is 9.24. The average molecular weight is 282 g/mol. The van der Waals surface area contributed by atoms with Crippen LogP contribution in [0.1, 0.15) is 0 Å². The molecule has 0 bridgehead atoms. The van der Waals surface area contributed by atoms with Gasteiger partial charge in [-0.2, -0.15) is 11.8 Å². The predicted octanol–water partition coefficient (Wildman–Crippen LogP) is 2.28. The molecule has 2 amide bonds. The number of urea groups is 1. The standard InChI is InChI=1S/C13H18N2O3S/c1-17-10-3-4-12(18-2)11(9-10)14-13(16)15-5-7-19-8-6-15/h3-4,9H,5-8H2,1-2H3,(H,14,16). The lowest BCUT2D eigenvalue weighted by atomic mass is 10.2. The van der Waals surface area contributed by atoms with Gasteiger partial charge in [0.15, 0.2) is 0 Å². The Labute approximate surface area is 117 Å². The maximum absolute atomic E-state index is 12.1. The van der Waals surface area contributed by atoms with Crippen LogP contribution in [-0.2, 0) is 0 Å². The summed E-state index contributed by atoms with van der Waals surface area (Å²) in [5.41, 5.74) is 0.630. The van der Waals surface area contributed by atoms with Crippen LogP contribution in [0.5, 0.6) is 11.5 Å². The molecule has 1 aliphatic rings. The van der Waals surface area contributed by atoms with Gasteiger partial charge in [-0.15, -0.1) is 0 Å². The third kappa shape index (κ3) is 3.47. The highest BCUT2D eigenvalue weighted by atomic mass is 32.2. The van der Waals surface area contributed by atoms with Crippen LogP contribution in [0.25, 0.3) is 0 Å². The highest BCUT2D eigenvalue weighted by molar-refractivity contribution is 7.99. The van der Waals surface area contributed by atoms with Gasteiger partial charge in [-0.1, -0.05) is 0 Å². The lowest BCUT2D eigenvalue weighted by Crippen LogP contribution is -2.40. The summed E-state index contributed by atoms with van der Waals surface area (Å²) in [6, 6.07) is 5.24. The van der Waals surface area contributed by atoms with E-state index in [0.29, 0.717) is 17.2 Å². The lowest BCUT2D eigenvalue weighted by molar-refractivity contribution is 0.217. The van der Waals surface area contributed by atoms with Crippen LogP contribution in [-0.4, -0.2) is 49.7 Å². The molecule has 1 fully saturated rings. The van der Waals surface area contributed by atoms with Crippen LogP contribution in [0.3, 0.4) is 0 Å². The molecule has 0 atom stereocenters. The topological polar surface area (TPSA) is 50.8 Å². The zero-order chi connectivity index (χ0) is 13.7. The minimum Gasteiger partial charge on any atom is -0.497 e. The molecule has 104 valence electrons. The minimum atomic E-state index is -0.0909. The van der Waals surface area contributed by atoms with Crippen molar-refractivity contribution in [3.8, 4) is 11.5 Å². The Balaban J connectivity index is 2.10. The SMILES string of the molecule is COc1ccc(OC)c(NC(=O)N2CCSCC2)c1. The number of hydrogen-bond donors (Lipinski definition) is 1. The second-order valence-electron chi connectivity index (χ2n) is 4.10. The molecule has 0 aromatic heterocycles. The number of hydrogen-bond acceptors (Lipinski definition) is 4. The number of methoxy groups -OCH3 is 2. The van der Waals surface area contributed by atoms with Gasteiger partial charge in [0.2, 0.25) is 0 Å². The van der Waals surface area contributed by atoms with Crippen molar-refractivity contribution in [2.45, 2.75) is 0 Å². The Morgan fingerprint density at radius 1 is 1.26 bits per heavy atom. The maximum Gasteiger partial charge on any atom is 0.322 e. The number of thioether (sulfide) groups is 1. The van der Waals surface area contributed by atoms with Crippen LogP contribution < -0.4 is 14.8 Å². The molecule has 0 radical (unpaired) electrons. The molecule has 2 rings (SSSR count). The summed E-state index contributed by atoms with van der Waals surface area (Å²) in [6.45, 7) is 1.56. The van der Waals surface area contributed by atoms with Crippen molar-refractivity contribution >= 4 is 23.5 Å². The normalized spacial score (nSPS) is 14.9. The predicted molar refractivity (Wildman–Crippen MR) is 77.5 cm³/mol. The fraction of sp³-hybridized carbons (Fsp3) is 0.462. The number of nitrogens with one attached hydrogen (secondary N) is 1. The molecular weight excluding hydrogens is 264 g/mol. The molecule has 1 saturated heterocycles. The number of ether oxygens (including phenoxy) is 2. The first kappa shape index (κ1) is 13.9. The third-order valence-corrected chi connectivity index (χ3v) is 3.89. The zero-order valence-electron chi connectivity index (χ0n) is 11.1.